The van der Waals surface area contributed by atoms with Gasteiger partial charge in [0.05, 0.1) is 18.9 Å². The summed E-state index contributed by atoms with van der Waals surface area (Å²) in [5, 5.41) is 3.56. The highest BCUT2D eigenvalue weighted by molar-refractivity contribution is 9.10. The molecule has 0 atom stereocenters. The van der Waals surface area contributed by atoms with Gasteiger partial charge >= 0.3 is 0 Å². The zero-order valence-corrected chi connectivity index (χ0v) is 10.2. The van der Waals surface area contributed by atoms with Crippen LogP contribution in [0.4, 0.5) is 11.4 Å². The summed E-state index contributed by atoms with van der Waals surface area (Å²) in [7, 11) is 0. The molecule has 0 aliphatic carbocycles. The van der Waals surface area contributed by atoms with Gasteiger partial charge in [-0.05, 0) is 33.6 Å². The number of hydrogen-bond acceptors (Lipinski definition) is 3. The second-order valence-corrected chi connectivity index (χ2v) is 4.28. The summed E-state index contributed by atoms with van der Waals surface area (Å²) in [4.78, 5) is 5.00. The Morgan fingerprint density at radius 2 is 2.12 bits per heavy atom. The van der Waals surface area contributed by atoms with Crippen molar-refractivity contribution in [2.75, 3.05) is 31.2 Å². The Bertz CT molecular complexity index is 425. The Morgan fingerprint density at radius 1 is 1.38 bits per heavy atom. The van der Waals surface area contributed by atoms with Crippen LogP contribution in [0.1, 0.15) is 0 Å². The number of ether oxygens (including phenoxy) is 1. The van der Waals surface area contributed by atoms with Gasteiger partial charge in [0, 0.05) is 28.2 Å². The maximum absolute atomic E-state index is 8.34. The molecule has 0 aromatic heterocycles. The van der Waals surface area contributed by atoms with Gasteiger partial charge in [-0.3, -0.25) is 0 Å². The molecule has 1 aliphatic heterocycles. The molecule has 0 saturated carbocycles. The molecule has 0 spiro atoms. The summed E-state index contributed by atoms with van der Waals surface area (Å²) in [5.74, 6) is 0. The lowest BCUT2D eigenvalue weighted by Gasteiger charge is -2.29. The van der Waals surface area contributed by atoms with E-state index in [1.54, 1.807) is 0 Å². The topological polar surface area (TPSA) is 61.2 Å². The molecule has 1 fully saturated rings. The average Bonchev–Trinajstić information content (AvgIpc) is 2.31. The summed E-state index contributed by atoms with van der Waals surface area (Å²) >= 11 is 3.49. The fourth-order valence-corrected chi connectivity index (χ4v) is 2.29. The van der Waals surface area contributed by atoms with Crippen LogP contribution in [0.3, 0.4) is 0 Å². The van der Waals surface area contributed by atoms with E-state index in [-0.39, 0.29) is 0 Å². The van der Waals surface area contributed by atoms with Crippen molar-refractivity contribution in [1.82, 2.24) is 0 Å². The minimum absolute atomic E-state index is 0.617. The predicted molar refractivity (Wildman–Crippen MR) is 66.0 cm³/mol. The number of rotatable bonds is 2. The van der Waals surface area contributed by atoms with E-state index in [1.165, 1.54) is 0 Å². The van der Waals surface area contributed by atoms with E-state index in [1.807, 2.05) is 18.2 Å². The molecule has 5 nitrogen and oxygen atoms in total. The molecule has 0 unspecified atom stereocenters. The van der Waals surface area contributed by atoms with E-state index >= 15 is 0 Å². The second-order valence-electron chi connectivity index (χ2n) is 3.42. The summed E-state index contributed by atoms with van der Waals surface area (Å²) in [6.07, 6.45) is 0. The number of halogens is 1. The standard InChI is InChI=1S/C10H11BrN4O/c11-9-7-8(13-14-12)1-2-10(9)15-3-5-16-6-4-15/h1-2,7H,3-6H2. The molecule has 1 aromatic rings. The molecule has 2 rings (SSSR count). The largest absolute Gasteiger partial charge is 0.378 e. The fourth-order valence-electron chi connectivity index (χ4n) is 1.67. The Labute approximate surface area is 102 Å². The van der Waals surface area contributed by atoms with E-state index in [4.69, 9.17) is 10.3 Å². The zero-order valence-electron chi connectivity index (χ0n) is 8.64. The number of hydrogen-bond donors (Lipinski definition) is 0. The third-order valence-corrected chi connectivity index (χ3v) is 3.08. The quantitative estimate of drug-likeness (QED) is 0.475. The van der Waals surface area contributed by atoms with Crippen molar-refractivity contribution in [2.45, 2.75) is 0 Å². The molecule has 0 radical (unpaired) electrons. The first-order chi connectivity index (χ1) is 7.81. The van der Waals surface area contributed by atoms with Gasteiger partial charge in [-0.15, -0.1) is 0 Å². The summed E-state index contributed by atoms with van der Waals surface area (Å²) in [6, 6.07) is 5.60. The Hall–Kier alpha value is -1.23. The molecular formula is C10H11BrN4O. The highest BCUT2D eigenvalue weighted by Crippen LogP contribution is 2.30. The van der Waals surface area contributed by atoms with Crippen LogP contribution >= 0.6 is 15.9 Å². The van der Waals surface area contributed by atoms with Gasteiger partial charge in [-0.2, -0.15) is 0 Å². The van der Waals surface area contributed by atoms with Gasteiger partial charge in [0.2, 0.25) is 0 Å². The van der Waals surface area contributed by atoms with Crippen LogP contribution in [0.15, 0.2) is 27.8 Å². The number of benzene rings is 1. The molecular weight excluding hydrogens is 272 g/mol. The van der Waals surface area contributed by atoms with E-state index in [9.17, 15) is 0 Å². The summed E-state index contributed by atoms with van der Waals surface area (Å²) in [6.45, 7) is 3.29. The Kier molecular flexibility index (Phi) is 3.66. The number of azide groups is 1. The van der Waals surface area contributed by atoms with E-state index in [0.29, 0.717) is 5.69 Å². The van der Waals surface area contributed by atoms with Gasteiger partial charge in [-0.25, -0.2) is 0 Å². The van der Waals surface area contributed by atoms with Crippen LogP contribution in [0.5, 0.6) is 0 Å². The lowest BCUT2D eigenvalue weighted by Crippen LogP contribution is -2.36. The first kappa shape index (κ1) is 11.3. The van der Waals surface area contributed by atoms with Crippen LogP contribution < -0.4 is 4.90 Å². The van der Waals surface area contributed by atoms with Crippen molar-refractivity contribution in [3.05, 3.63) is 33.1 Å². The van der Waals surface area contributed by atoms with Crippen LogP contribution in [-0.2, 0) is 4.74 Å². The molecule has 1 aromatic carbocycles. The van der Waals surface area contributed by atoms with Gasteiger partial charge in [-0.1, -0.05) is 11.2 Å². The molecule has 84 valence electrons. The summed E-state index contributed by atoms with van der Waals surface area (Å²) < 4.78 is 6.24. The predicted octanol–water partition coefficient (Wildman–Crippen LogP) is 3.23. The van der Waals surface area contributed by atoms with Crippen molar-refractivity contribution in [2.24, 2.45) is 5.11 Å². The number of morpholine rings is 1. The highest BCUT2D eigenvalue weighted by atomic mass is 79.9. The number of nitrogens with zero attached hydrogens (tertiary/aromatic N) is 4. The van der Waals surface area contributed by atoms with Gasteiger partial charge in [0.1, 0.15) is 0 Å². The van der Waals surface area contributed by atoms with Gasteiger partial charge in [0.15, 0.2) is 0 Å². The highest BCUT2D eigenvalue weighted by Gasteiger charge is 2.13. The van der Waals surface area contributed by atoms with Crippen molar-refractivity contribution in [3.8, 4) is 0 Å². The fraction of sp³-hybridized carbons (Fsp3) is 0.400. The van der Waals surface area contributed by atoms with Crippen molar-refractivity contribution < 1.29 is 4.74 Å². The lowest BCUT2D eigenvalue weighted by molar-refractivity contribution is 0.122. The van der Waals surface area contributed by atoms with Gasteiger partial charge < -0.3 is 9.64 Å². The third kappa shape index (κ3) is 2.47. The normalized spacial score (nSPS) is 15.7. The minimum atomic E-state index is 0.617. The lowest BCUT2D eigenvalue weighted by atomic mass is 10.2. The number of anilines is 1. The Morgan fingerprint density at radius 3 is 2.75 bits per heavy atom. The van der Waals surface area contributed by atoms with Crippen LogP contribution in [-0.4, -0.2) is 26.3 Å². The minimum Gasteiger partial charge on any atom is -0.378 e. The second kappa shape index (κ2) is 5.21. The smallest absolute Gasteiger partial charge is 0.0642 e. The van der Waals surface area contributed by atoms with E-state index in [0.717, 1.165) is 36.5 Å². The first-order valence-electron chi connectivity index (χ1n) is 4.98. The van der Waals surface area contributed by atoms with Crippen molar-refractivity contribution in [3.63, 3.8) is 0 Å². The molecule has 6 heteroatoms. The summed E-state index contributed by atoms with van der Waals surface area (Å²) in [5.41, 5.74) is 10.1. The molecule has 16 heavy (non-hydrogen) atoms. The first-order valence-corrected chi connectivity index (χ1v) is 5.78. The van der Waals surface area contributed by atoms with E-state index in [2.05, 4.69) is 30.9 Å². The molecule has 1 aliphatic rings. The molecule has 0 N–H and O–H groups in total. The van der Waals surface area contributed by atoms with Crippen molar-refractivity contribution >= 4 is 27.3 Å². The molecule has 1 heterocycles. The Balaban J connectivity index is 2.24. The SMILES string of the molecule is [N-]=[N+]=Nc1ccc(N2CCOCC2)c(Br)c1. The van der Waals surface area contributed by atoms with Crippen molar-refractivity contribution in [1.29, 1.82) is 0 Å². The monoisotopic (exact) mass is 282 g/mol. The maximum Gasteiger partial charge on any atom is 0.0642 e. The molecule has 1 saturated heterocycles. The molecule has 0 bridgehead atoms. The maximum atomic E-state index is 8.34. The van der Waals surface area contributed by atoms with Crippen LogP contribution in [0, 0.1) is 0 Å². The average molecular weight is 283 g/mol. The zero-order chi connectivity index (χ0) is 11.4. The molecule has 0 amide bonds. The van der Waals surface area contributed by atoms with Gasteiger partial charge in [0.25, 0.3) is 0 Å². The van der Waals surface area contributed by atoms with Crippen LogP contribution in [0.2, 0.25) is 0 Å². The third-order valence-electron chi connectivity index (χ3n) is 2.44. The van der Waals surface area contributed by atoms with Crippen LogP contribution in [0.25, 0.3) is 10.4 Å². The van der Waals surface area contributed by atoms with E-state index < -0.39 is 0 Å².